The zero-order chi connectivity index (χ0) is 8.55. The molecule has 1 atom stereocenters. The van der Waals surface area contributed by atoms with Crippen molar-refractivity contribution < 1.29 is 4.79 Å². The molecule has 0 N–H and O–H groups in total. The summed E-state index contributed by atoms with van der Waals surface area (Å²) >= 11 is 5.93. The summed E-state index contributed by atoms with van der Waals surface area (Å²) in [5.74, 6) is 0.625. The number of Topliss-reactive ketones (excluding diaryl/α,β-unsaturated/α-hetero) is 1. The fourth-order valence-corrected chi connectivity index (χ4v) is 1.51. The molecule has 1 aliphatic carbocycles. The first-order valence-corrected chi connectivity index (χ1v) is 4.41. The third-order valence-corrected chi connectivity index (χ3v) is 2.54. The summed E-state index contributed by atoms with van der Waals surface area (Å²) in [6, 6.07) is 7.70. The zero-order valence-electron chi connectivity index (χ0n) is 6.59. The summed E-state index contributed by atoms with van der Waals surface area (Å²) in [7, 11) is 0. The van der Waals surface area contributed by atoms with Crippen LogP contribution in [0.2, 0.25) is 5.02 Å². The van der Waals surface area contributed by atoms with Gasteiger partial charge in [0.05, 0.1) is 0 Å². The topological polar surface area (TPSA) is 17.1 Å². The first-order valence-electron chi connectivity index (χ1n) is 4.03. The van der Waals surface area contributed by atoms with E-state index in [4.69, 9.17) is 11.6 Å². The third-order valence-electron chi connectivity index (χ3n) is 2.17. The molecule has 1 unspecified atom stereocenters. The maximum absolute atomic E-state index is 10.8. The number of hydrogen-bond donors (Lipinski definition) is 0. The van der Waals surface area contributed by atoms with Gasteiger partial charge in [-0.2, -0.15) is 0 Å². The van der Waals surface area contributed by atoms with Crippen molar-refractivity contribution >= 4 is 17.4 Å². The molecule has 0 spiro atoms. The van der Waals surface area contributed by atoms with Crippen LogP contribution in [0, 0.1) is 5.92 Å². The first kappa shape index (κ1) is 7.81. The van der Waals surface area contributed by atoms with Crippen LogP contribution in [0.4, 0.5) is 0 Å². The Morgan fingerprint density at radius 2 is 2.08 bits per heavy atom. The molecule has 12 heavy (non-hydrogen) atoms. The van der Waals surface area contributed by atoms with Gasteiger partial charge in [0.1, 0.15) is 5.78 Å². The molecule has 0 heterocycles. The lowest BCUT2D eigenvalue weighted by molar-refractivity contribution is -0.111. The molecule has 0 amide bonds. The maximum Gasteiger partial charge on any atom is 0.137 e. The van der Waals surface area contributed by atoms with Crippen molar-refractivity contribution in [3.8, 4) is 0 Å². The Bertz CT molecular complexity index is 319. The van der Waals surface area contributed by atoms with Gasteiger partial charge in [-0.05, 0) is 18.1 Å². The van der Waals surface area contributed by atoms with Gasteiger partial charge in [-0.1, -0.05) is 29.8 Å². The molecule has 0 saturated heterocycles. The summed E-state index contributed by atoms with van der Waals surface area (Å²) in [6.45, 7) is 0. The van der Waals surface area contributed by atoms with Gasteiger partial charge in [0, 0.05) is 17.4 Å². The molecule has 0 aromatic heterocycles. The lowest BCUT2D eigenvalue weighted by atomic mass is 10.1. The summed E-state index contributed by atoms with van der Waals surface area (Å²) in [4.78, 5) is 10.8. The molecule has 1 aliphatic rings. The molecule has 62 valence electrons. The van der Waals surface area contributed by atoms with Gasteiger partial charge in [-0.25, -0.2) is 0 Å². The smallest absolute Gasteiger partial charge is 0.137 e. The number of ketones is 1. The molecule has 1 fully saturated rings. The normalized spacial score (nSPS) is 21.1. The Morgan fingerprint density at radius 3 is 2.67 bits per heavy atom. The van der Waals surface area contributed by atoms with Gasteiger partial charge >= 0.3 is 0 Å². The predicted molar refractivity (Wildman–Crippen MR) is 48.3 cm³/mol. The zero-order valence-corrected chi connectivity index (χ0v) is 7.34. The largest absolute Gasteiger partial charge is 0.299 e. The Morgan fingerprint density at radius 1 is 1.42 bits per heavy atom. The van der Waals surface area contributed by atoms with Crippen molar-refractivity contribution in [2.75, 3.05) is 0 Å². The highest BCUT2D eigenvalue weighted by Gasteiger charge is 2.34. The average molecular weight is 181 g/mol. The molecule has 0 aliphatic heterocycles. The van der Waals surface area contributed by atoms with E-state index in [-0.39, 0.29) is 5.92 Å². The fourth-order valence-electron chi connectivity index (χ4n) is 1.30. The molecule has 1 aromatic carbocycles. The van der Waals surface area contributed by atoms with E-state index in [1.54, 1.807) is 0 Å². The van der Waals surface area contributed by atoms with E-state index in [0.29, 0.717) is 5.78 Å². The summed E-state index contributed by atoms with van der Waals surface area (Å²) in [5.41, 5.74) is 1.09. The minimum Gasteiger partial charge on any atom is -0.299 e. The lowest BCUT2D eigenvalue weighted by Gasteiger charge is -1.99. The van der Waals surface area contributed by atoms with Gasteiger partial charge in [0.15, 0.2) is 0 Å². The Kier molecular flexibility index (Phi) is 1.89. The Hall–Kier alpha value is -0.820. The minimum atomic E-state index is 0.255. The molecule has 1 nitrogen and oxygen atoms in total. The van der Waals surface area contributed by atoms with Crippen molar-refractivity contribution in [2.24, 2.45) is 5.92 Å². The van der Waals surface area contributed by atoms with Crippen molar-refractivity contribution in [3.63, 3.8) is 0 Å². The van der Waals surface area contributed by atoms with Crippen LogP contribution in [-0.4, -0.2) is 5.78 Å². The number of carbonyl (C=O) groups excluding carboxylic acids is 1. The molecule has 2 rings (SSSR count). The molecular formula is C10H9ClO. The standard InChI is InChI=1S/C10H9ClO/c11-9-4-2-1-3-7(9)5-8-6-10(8)12/h1-4,8H,5-6H2. The van der Waals surface area contributed by atoms with Crippen LogP contribution in [-0.2, 0) is 11.2 Å². The summed E-state index contributed by atoms with van der Waals surface area (Å²) in [6.07, 6.45) is 1.56. The number of hydrogen-bond acceptors (Lipinski definition) is 1. The number of halogens is 1. The van der Waals surface area contributed by atoms with Crippen molar-refractivity contribution in [3.05, 3.63) is 34.9 Å². The fraction of sp³-hybridized carbons (Fsp3) is 0.300. The SMILES string of the molecule is O=C1CC1Cc1ccccc1Cl. The van der Waals surface area contributed by atoms with Gasteiger partial charge in [-0.15, -0.1) is 0 Å². The van der Waals surface area contributed by atoms with Crippen LogP contribution < -0.4 is 0 Å². The highest BCUT2D eigenvalue weighted by atomic mass is 35.5. The molecule has 1 aromatic rings. The van der Waals surface area contributed by atoms with Crippen molar-refractivity contribution in [2.45, 2.75) is 12.8 Å². The van der Waals surface area contributed by atoms with E-state index in [2.05, 4.69) is 0 Å². The van der Waals surface area contributed by atoms with Crippen LogP contribution in [0.25, 0.3) is 0 Å². The van der Waals surface area contributed by atoms with E-state index in [1.807, 2.05) is 24.3 Å². The molecule has 1 saturated carbocycles. The van der Waals surface area contributed by atoms with Gasteiger partial charge < -0.3 is 0 Å². The quantitative estimate of drug-likeness (QED) is 0.684. The van der Waals surface area contributed by atoms with Gasteiger partial charge in [0.25, 0.3) is 0 Å². The van der Waals surface area contributed by atoms with Crippen LogP contribution in [0.1, 0.15) is 12.0 Å². The van der Waals surface area contributed by atoms with Crippen molar-refractivity contribution in [1.29, 1.82) is 0 Å². The average Bonchev–Trinajstić information content (AvgIpc) is 2.72. The van der Waals surface area contributed by atoms with Crippen molar-refractivity contribution in [1.82, 2.24) is 0 Å². The van der Waals surface area contributed by atoms with Crippen LogP contribution in [0.5, 0.6) is 0 Å². The van der Waals surface area contributed by atoms with E-state index in [1.165, 1.54) is 0 Å². The van der Waals surface area contributed by atoms with Crippen LogP contribution in [0.15, 0.2) is 24.3 Å². The minimum absolute atomic E-state index is 0.255. The van der Waals surface area contributed by atoms with E-state index < -0.39 is 0 Å². The number of benzene rings is 1. The Balaban J connectivity index is 2.12. The monoisotopic (exact) mass is 180 g/mol. The molecule has 0 bridgehead atoms. The number of carbonyl (C=O) groups is 1. The summed E-state index contributed by atoms with van der Waals surface area (Å²) in [5, 5.41) is 0.775. The Labute approximate surface area is 76.4 Å². The highest BCUT2D eigenvalue weighted by molar-refractivity contribution is 6.31. The van der Waals surface area contributed by atoms with Gasteiger partial charge in [-0.3, -0.25) is 4.79 Å². The predicted octanol–water partition coefficient (Wildman–Crippen LogP) is 2.47. The van der Waals surface area contributed by atoms with Crippen LogP contribution >= 0.6 is 11.6 Å². The second-order valence-corrected chi connectivity index (χ2v) is 3.57. The summed E-state index contributed by atoms with van der Waals surface area (Å²) < 4.78 is 0. The lowest BCUT2D eigenvalue weighted by Crippen LogP contribution is -1.89. The third kappa shape index (κ3) is 1.51. The van der Waals surface area contributed by atoms with E-state index >= 15 is 0 Å². The van der Waals surface area contributed by atoms with E-state index in [9.17, 15) is 4.79 Å². The van der Waals surface area contributed by atoms with E-state index in [0.717, 1.165) is 23.4 Å². The number of rotatable bonds is 2. The molecule has 2 heteroatoms. The molecular weight excluding hydrogens is 172 g/mol. The molecule has 0 radical (unpaired) electrons. The van der Waals surface area contributed by atoms with Crippen LogP contribution in [0.3, 0.4) is 0 Å². The second kappa shape index (κ2) is 2.91. The maximum atomic E-state index is 10.8. The first-order chi connectivity index (χ1) is 5.77. The highest BCUT2D eigenvalue weighted by Crippen LogP contribution is 2.30. The second-order valence-electron chi connectivity index (χ2n) is 3.16. The van der Waals surface area contributed by atoms with Gasteiger partial charge in [0.2, 0.25) is 0 Å².